The van der Waals surface area contributed by atoms with Crippen molar-refractivity contribution in [2.24, 2.45) is 5.41 Å². The molecule has 0 aliphatic heterocycles. The van der Waals surface area contributed by atoms with Crippen LogP contribution in [0.2, 0.25) is 0 Å². The lowest BCUT2D eigenvalue weighted by Gasteiger charge is -2.16. The summed E-state index contributed by atoms with van der Waals surface area (Å²) in [4.78, 5) is 0.154. The number of benzene rings is 1. The van der Waals surface area contributed by atoms with Gasteiger partial charge in [-0.2, -0.15) is 0 Å². The number of hydrogen-bond donors (Lipinski definition) is 3. The van der Waals surface area contributed by atoms with Crippen LogP contribution >= 0.6 is 0 Å². The summed E-state index contributed by atoms with van der Waals surface area (Å²) in [7, 11) is -3.63. The Hall–Kier alpha value is -1.11. The second kappa shape index (κ2) is 4.77. The number of sulfonamides is 1. The second-order valence-electron chi connectivity index (χ2n) is 5.42. The van der Waals surface area contributed by atoms with Crippen molar-refractivity contribution >= 4 is 15.7 Å². The number of hydrogen-bond acceptors (Lipinski definition) is 4. The number of nitrogens with two attached hydrogens (primary N) is 1. The van der Waals surface area contributed by atoms with E-state index in [0.717, 1.165) is 18.4 Å². The maximum atomic E-state index is 12.3. The highest BCUT2D eigenvalue weighted by Gasteiger charge is 2.42. The van der Waals surface area contributed by atoms with Crippen LogP contribution < -0.4 is 10.5 Å². The summed E-state index contributed by atoms with van der Waals surface area (Å²) in [5.41, 5.74) is 7.29. The molecule has 1 aromatic rings. The number of anilines is 1. The molecular formula is C13H20N2O3S. The minimum Gasteiger partial charge on any atom is -0.397 e. The molecule has 0 amide bonds. The average Bonchev–Trinajstić information content (AvgIpc) is 3.13. The highest BCUT2D eigenvalue weighted by molar-refractivity contribution is 7.89. The van der Waals surface area contributed by atoms with Gasteiger partial charge in [0.1, 0.15) is 4.90 Å². The SMILES string of the molecule is Cc1ccc(C)c(S(=O)(=O)NCC2(CO)CC2)c1N. The minimum atomic E-state index is -3.63. The van der Waals surface area contributed by atoms with Gasteiger partial charge in [0.2, 0.25) is 10.0 Å². The molecule has 1 saturated carbocycles. The Bertz CT molecular complexity index is 592. The molecule has 106 valence electrons. The molecule has 1 aliphatic rings. The van der Waals surface area contributed by atoms with E-state index in [2.05, 4.69) is 4.72 Å². The van der Waals surface area contributed by atoms with Crippen LogP contribution in [0.25, 0.3) is 0 Å². The molecule has 0 heterocycles. The van der Waals surface area contributed by atoms with Crippen LogP contribution in [0.3, 0.4) is 0 Å². The Labute approximate surface area is 113 Å². The minimum absolute atomic E-state index is 0.0117. The van der Waals surface area contributed by atoms with Gasteiger partial charge in [0.05, 0.1) is 5.69 Å². The van der Waals surface area contributed by atoms with E-state index in [1.165, 1.54) is 0 Å². The number of aryl methyl sites for hydroxylation is 2. The molecule has 0 spiro atoms. The summed E-state index contributed by atoms with van der Waals surface area (Å²) >= 11 is 0. The lowest BCUT2D eigenvalue weighted by molar-refractivity contribution is 0.213. The maximum absolute atomic E-state index is 12.3. The molecule has 1 fully saturated rings. The molecular weight excluding hydrogens is 264 g/mol. The standard InChI is InChI=1S/C13H20N2O3S/c1-9-3-4-10(2)12(11(9)14)19(17,18)15-7-13(8-16)5-6-13/h3-4,15-16H,5-8,14H2,1-2H3. The van der Waals surface area contributed by atoms with Gasteiger partial charge in [-0.05, 0) is 37.8 Å². The molecule has 1 aliphatic carbocycles. The highest BCUT2D eigenvalue weighted by atomic mass is 32.2. The third-order valence-corrected chi connectivity index (χ3v) is 5.41. The Balaban J connectivity index is 2.27. The van der Waals surface area contributed by atoms with Crippen LogP contribution in [-0.4, -0.2) is 26.7 Å². The number of rotatable bonds is 5. The Kier molecular flexibility index (Phi) is 3.59. The smallest absolute Gasteiger partial charge is 0.242 e. The lowest BCUT2D eigenvalue weighted by Crippen LogP contribution is -2.32. The van der Waals surface area contributed by atoms with E-state index in [1.807, 2.05) is 0 Å². The first-order valence-corrected chi connectivity index (χ1v) is 7.76. The predicted molar refractivity (Wildman–Crippen MR) is 74.3 cm³/mol. The number of aliphatic hydroxyl groups excluding tert-OH is 1. The predicted octanol–water partition coefficient (Wildman–Crippen LogP) is 0.936. The Morgan fingerprint density at radius 3 is 2.42 bits per heavy atom. The molecule has 5 nitrogen and oxygen atoms in total. The van der Waals surface area contributed by atoms with Gasteiger partial charge >= 0.3 is 0 Å². The first kappa shape index (κ1) is 14.3. The van der Waals surface area contributed by atoms with Crippen LogP contribution in [-0.2, 0) is 10.0 Å². The Morgan fingerprint density at radius 2 is 1.89 bits per heavy atom. The third-order valence-electron chi connectivity index (χ3n) is 3.81. The van der Waals surface area contributed by atoms with Crippen molar-refractivity contribution in [1.29, 1.82) is 0 Å². The molecule has 0 saturated heterocycles. The first-order chi connectivity index (χ1) is 8.81. The van der Waals surface area contributed by atoms with Crippen LogP contribution in [0.1, 0.15) is 24.0 Å². The lowest BCUT2D eigenvalue weighted by atomic mass is 10.1. The molecule has 0 aromatic heterocycles. The fourth-order valence-corrected chi connectivity index (χ4v) is 3.63. The zero-order chi connectivity index (χ0) is 14.3. The summed E-state index contributed by atoms with van der Waals surface area (Å²) in [6.07, 6.45) is 1.71. The van der Waals surface area contributed by atoms with Crippen LogP contribution in [0.15, 0.2) is 17.0 Å². The van der Waals surface area contributed by atoms with Crippen molar-refractivity contribution in [3.63, 3.8) is 0 Å². The third kappa shape index (κ3) is 2.75. The van der Waals surface area contributed by atoms with Gasteiger partial charge in [-0.3, -0.25) is 0 Å². The molecule has 2 rings (SSSR count). The zero-order valence-electron chi connectivity index (χ0n) is 11.2. The molecule has 0 radical (unpaired) electrons. The quantitative estimate of drug-likeness (QED) is 0.702. The Morgan fingerprint density at radius 1 is 1.32 bits per heavy atom. The maximum Gasteiger partial charge on any atom is 0.242 e. The van der Waals surface area contributed by atoms with Gasteiger partial charge in [0, 0.05) is 18.6 Å². The molecule has 6 heteroatoms. The van der Waals surface area contributed by atoms with E-state index < -0.39 is 10.0 Å². The average molecular weight is 284 g/mol. The van der Waals surface area contributed by atoms with Crippen molar-refractivity contribution in [2.75, 3.05) is 18.9 Å². The largest absolute Gasteiger partial charge is 0.397 e. The van der Waals surface area contributed by atoms with Gasteiger partial charge in [0.15, 0.2) is 0 Å². The van der Waals surface area contributed by atoms with Gasteiger partial charge in [-0.1, -0.05) is 12.1 Å². The van der Waals surface area contributed by atoms with Crippen LogP contribution in [0.5, 0.6) is 0 Å². The van der Waals surface area contributed by atoms with Gasteiger partial charge in [0.25, 0.3) is 0 Å². The molecule has 0 unspecified atom stereocenters. The van der Waals surface area contributed by atoms with E-state index in [0.29, 0.717) is 11.3 Å². The second-order valence-corrected chi connectivity index (χ2v) is 7.13. The van der Waals surface area contributed by atoms with Crippen molar-refractivity contribution < 1.29 is 13.5 Å². The first-order valence-electron chi connectivity index (χ1n) is 6.27. The van der Waals surface area contributed by atoms with Crippen molar-refractivity contribution in [1.82, 2.24) is 4.72 Å². The molecule has 1 aromatic carbocycles. The van der Waals surface area contributed by atoms with Gasteiger partial charge < -0.3 is 10.8 Å². The monoisotopic (exact) mass is 284 g/mol. The summed E-state index contributed by atoms with van der Waals surface area (Å²) in [6.45, 7) is 3.78. The van der Waals surface area contributed by atoms with Crippen molar-refractivity contribution in [3.8, 4) is 0 Å². The number of nitrogen functional groups attached to an aromatic ring is 1. The fraction of sp³-hybridized carbons (Fsp3) is 0.538. The zero-order valence-corrected chi connectivity index (χ0v) is 12.0. The van der Waals surface area contributed by atoms with Gasteiger partial charge in [-0.25, -0.2) is 13.1 Å². The fourth-order valence-electron chi connectivity index (χ4n) is 2.05. The summed E-state index contributed by atoms with van der Waals surface area (Å²) in [5, 5.41) is 9.22. The number of aliphatic hydroxyl groups is 1. The molecule has 0 atom stereocenters. The van der Waals surface area contributed by atoms with E-state index >= 15 is 0 Å². The van der Waals surface area contributed by atoms with E-state index in [1.54, 1.807) is 26.0 Å². The molecule has 4 N–H and O–H groups in total. The van der Waals surface area contributed by atoms with Crippen LogP contribution in [0.4, 0.5) is 5.69 Å². The summed E-state index contributed by atoms with van der Waals surface area (Å²) in [5.74, 6) is 0. The normalized spacial score (nSPS) is 17.4. The highest BCUT2D eigenvalue weighted by Crippen LogP contribution is 2.44. The van der Waals surface area contributed by atoms with Crippen molar-refractivity contribution in [2.45, 2.75) is 31.6 Å². The topological polar surface area (TPSA) is 92.4 Å². The molecule has 19 heavy (non-hydrogen) atoms. The van der Waals surface area contributed by atoms with E-state index in [4.69, 9.17) is 5.73 Å². The van der Waals surface area contributed by atoms with Gasteiger partial charge in [-0.15, -0.1) is 0 Å². The van der Waals surface area contributed by atoms with E-state index in [-0.39, 0.29) is 23.5 Å². The van der Waals surface area contributed by atoms with Crippen LogP contribution in [0, 0.1) is 19.3 Å². The molecule has 0 bridgehead atoms. The van der Waals surface area contributed by atoms with E-state index in [9.17, 15) is 13.5 Å². The van der Waals surface area contributed by atoms with Crippen molar-refractivity contribution in [3.05, 3.63) is 23.3 Å². The summed E-state index contributed by atoms with van der Waals surface area (Å²) in [6, 6.07) is 3.55. The summed E-state index contributed by atoms with van der Waals surface area (Å²) < 4.78 is 27.3. The number of nitrogens with one attached hydrogen (secondary N) is 1.